The van der Waals surface area contributed by atoms with Crippen molar-refractivity contribution in [3.8, 4) is 0 Å². The molecule has 1 aliphatic rings. The van der Waals surface area contributed by atoms with Crippen molar-refractivity contribution in [2.24, 2.45) is 0 Å². The Bertz CT molecular complexity index is 785. The van der Waals surface area contributed by atoms with E-state index in [4.69, 9.17) is 4.74 Å². The van der Waals surface area contributed by atoms with Crippen molar-refractivity contribution in [3.63, 3.8) is 0 Å². The smallest absolute Gasteiger partial charge is 0.411 e. The number of amides is 1. The van der Waals surface area contributed by atoms with Gasteiger partial charge in [0.25, 0.3) is 0 Å². The lowest BCUT2D eigenvalue weighted by atomic mass is 9.85. The first-order valence-electron chi connectivity index (χ1n) is 8.88. The Balaban J connectivity index is 1.83. The standard InChI is InChI=1S/C22H24BrNO2/c1-4-13-22(19-9-5-16(2)6-10-19)14-15-24(21(25)26-22)17(3)18-7-11-20(23)12-8-18/h4-12,17H,1,13-15H2,2-3H3/t17-,22-/m0/s1. The molecule has 0 saturated carbocycles. The van der Waals surface area contributed by atoms with E-state index in [9.17, 15) is 4.79 Å². The summed E-state index contributed by atoms with van der Waals surface area (Å²) in [5.74, 6) is 0. The lowest BCUT2D eigenvalue weighted by Crippen LogP contribution is -2.48. The van der Waals surface area contributed by atoms with Crippen molar-refractivity contribution in [1.29, 1.82) is 0 Å². The predicted molar refractivity (Wildman–Crippen MR) is 108 cm³/mol. The molecule has 1 aliphatic heterocycles. The maximum atomic E-state index is 12.9. The van der Waals surface area contributed by atoms with Crippen molar-refractivity contribution >= 4 is 22.0 Å². The molecular formula is C22H24BrNO2. The number of ether oxygens (including phenoxy) is 1. The van der Waals surface area contributed by atoms with Gasteiger partial charge in [0, 0.05) is 23.9 Å². The number of rotatable bonds is 5. The molecule has 3 rings (SSSR count). The second kappa shape index (κ2) is 7.67. The second-order valence-corrected chi connectivity index (χ2v) is 7.81. The van der Waals surface area contributed by atoms with E-state index >= 15 is 0 Å². The fourth-order valence-electron chi connectivity index (χ4n) is 3.50. The second-order valence-electron chi connectivity index (χ2n) is 6.89. The number of hydrogen-bond acceptors (Lipinski definition) is 2. The Kier molecular flexibility index (Phi) is 5.52. The van der Waals surface area contributed by atoms with Gasteiger partial charge in [0.2, 0.25) is 0 Å². The SMILES string of the molecule is C=CC[C@@]1(c2ccc(C)cc2)CCN([C@@H](C)c2ccc(Br)cc2)C(=O)O1. The van der Waals surface area contributed by atoms with Crippen LogP contribution in [0, 0.1) is 6.92 Å². The molecule has 2 aromatic carbocycles. The Hall–Kier alpha value is -2.07. The van der Waals surface area contributed by atoms with Gasteiger partial charge in [-0.25, -0.2) is 4.79 Å². The zero-order valence-electron chi connectivity index (χ0n) is 15.2. The maximum absolute atomic E-state index is 12.9. The van der Waals surface area contributed by atoms with Gasteiger partial charge in [-0.1, -0.05) is 64.0 Å². The summed E-state index contributed by atoms with van der Waals surface area (Å²) in [7, 11) is 0. The molecule has 0 N–H and O–H groups in total. The maximum Gasteiger partial charge on any atom is 0.411 e. The molecule has 136 valence electrons. The molecule has 1 fully saturated rings. The lowest BCUT2D eigenvalue weighted by molar-refractivity contribution is -0.0588. The van der Waals surface area contributed by atoms with Gasteiger partial charge in [0.1, 0.15) is 5.60 Å². The van der Waals surface area contributed by atoms with Crippen LogP contribution in [0.15, 0.2) is 65.7 Å². The Morgan fingerprint density at radius 2 is 1.88 bits per heavy atom. The van der Waals surface area contributed by atoms with E-state index in [-0.39, 0.29) is 12.1 Å². The molecule has 3 nitrogen and oxygen atoms in total. The van der Waals surface area contributed by atoms with Crippen LogP contribution in [0.2, 0.25) is 0 Å². The minimum atomic E-state index is -0.623. The molecule has 0 spiro atoms. The van der Waals surface area contributed by atoms with E-state index in [2.05, 4.69) is 53.7 Å². The molecule has 2 aromatic rings. The molecule has 1 amide bonds. The zero-order valence-corrected chi connectivity index (χ0v) is 16.8. The average molecular weight is 414 g/mol. The van der Waals surface area contributed by atoms with Gasteiger partial charge >= 0.3 is 6.09 Å². The Labute approximate surface area is 163 Å². The summed E-state index contributed by atoms with van der Waals surface area (Å²) in [5, 5.41) is 0. The quantitative estimate of drug-likeness (QED) is 0.551. The van der Waals surface area contributed by atoms with Crippen LogP contribution in [0.25, 0.3) is 0 Å². The highest BCUT2D eigenvalue weighted by Crippen LogP contribution is 2.40. The molecule has 1 heterocycles. The monoisotopic (exact) mass is 413 g/mol. The lowest BCUT2D eigenvalue weighted by Gasteiger charge is -2.43. The van der Waals surface area contributed by atoms with E-state index in [1.807, 2.05) is 37.3 Å². The largest absolute Gasteiger partial charge is 0.437 e. The van der Waals surface area contributed by atoms with Crippen LogP contribution in [-0.2, 0) is 10.3 Å². The molecule has 26 heavy (non-hydrogen) atoms. The van der Waals surface area contributed by atoms with E-state index in [0.717, 1.165) is 22.0 Å². The number of carbonyl (C=O) groups excluding carboxylic acids is 1. The third-order valence-electron chi connectivity index (χ3n) is 5.15. The third kappa shape index (κ3) is 3.70. The highest BCUT2D eigenvalue weighted by atomic mass is 79.9. The number of benzene rings is 2. The number of aryl methyl sites for hydroxylation is 1. The number of hydrogen-bond donors (Lipinski definition) is 0. The van der Waals surface area contributed by atoms with Crippen molar-refractivity contribution < 1.29 is 9.53 Å². The van der Waals surface area contributed by atoms with Gasteiger partial charge in [0.05, 0.1) is 6.04 Å². The normalized spacial score (nSPS) is 21.2. The molecule has 4 heteroatoms. The molecule has 0 aromatic heterocycles. The van der Waals surface area contributed by atoms with E-state index in [1.54, 1.807) is 4.90 Å². The molecular weight excluding hydrogens is 390 g/mol. The summed E-state index contributed by atoms with van der Waals surface area (Å²) >= 11 is 3.45. The van der Waals surface area contributed by atoms with Gasteiger partial charge in [-0.3, -0.25) is 0 Å². The molecule has 2 atom stereocenters. The topological polar surface area (TPSA) is 29.5 Å². The highest BCUT2D eigenvalue weighted by Gasteiger charge is 2.42. The fourth-order valence-corrected chi connectivity index (χ4v) is 3.76. The Morgan fingerprint density at radius 1 is 1.23 bits per heavy atom. The van der Waals surface area contributed by atoms with Gasteiger partial charge in [-0.2, -0.15) is 0 Å². The molecule has 0 unspecified atom stereocenters. The average Bonchev–Trinajstić information content (AvgIpc) is 2.63. The van der Waals surface area contributed by atoms with E-state index < -0.39 is 5.60 Å². The summed E-state index contributed by atoms with van der Waals surface area (Å²) in [6.45, 7) is 8.61. The number of carbonyl (C=O) groups is 1. The van der Waals surface area contributed by atoms with Gasteiger partial charge in [-0.05, 0) is 37.1 Å². The van der Waals surface area contributed by atoms with Gasteiger partial charge in [0.15, 0.2) is 0 Å². The summed E-state index contributed by atoms with van der Waals surface area (Å²) in [6, 6.07) is 16.3. The van der Waals surface area contributed by atoms with Gasteiger partial charge < -0.3 is 9.64 Å². The van der Waals surface area contributed by atoms with Crippen molar-refractivity contribution in [3.05, 3.63) is 82.3 Å². The first-order valence-corrected chi connectivity index (χ1v) is 9.67. The summed E-state index contributed by atoms with van der Waals surface area (Å²) in [6.07, 6.45) is 2.92. The van der Waals surface area contributed by atoms with Crippen LogP contribution >= 0.6 is 15.9 Å². The van der Waals surface area contributed by atoms with Crippen LogP contribution in [0.5, 0.6) is 0 Å². The predicted octanol–water partition coefficient (Wildman–Crippen LogP) is 6.13. The highest BCUT2D eigenvalue weighted by molar-refractivity contribution is 9.10. The number of halogens is 1. The number of cyclic esters (lactones) is 1. The minimum Gasteiger partial charge on any atom is -0.437 e. The third-order valence-corrected chi connectivity index (χ3v) is 5.67. The minimum absolute atomic E-state index is 0.0321. The van der Waals surface area contributed by atoms with Crippen molar-refractivity contribution in [2.75, 3.05) is 6.54 Å². The van der Waals surface area contributed by atoms with Gasteiger partial charge in [-0.15, -0.1) is 6.58 Å². The Morgan fingerprint density at radius 3 is 2.46 bits per heavy atom. The molecule has 0 bridgehead atoms. The summed E-state index contributed by atoms with van der Waals surface area (Å²) in [5.41, 5.74) is 2.70. The van der Waals surface area contributed by atoms with Crippen LogP contribution < -0.4 is 0 Å². The summed E-state index contributed by atoms with van der Waals surface area (Å²) < 4.78 is 7.05. The van der Waals surface area contributed by atoms with Crippen LogP contribution in [0.1, 0.15) is 42.5 Å². The van der Waals surface area contributed by atoms with Crippen LogP contribution in [0.4, 0.5) is 4.79 Å². The molecule has 0 radical (unpaired) electrons. The first kappa shape index (κ1) is 18.7. The van der Waals surface area contributed by atoms with Crippen LogP contribution in [0.3, 0.4) is 0 Å². The zero-order chi connectivity index (χ0) is 18.7. The first-order chi connectivity index (χ1) is 12.4. The van der Waals surface area contributed by atoms with E-state index in [1.165, 1.54) is 5.56 Å². The van der Waals surface area contributed by atoms with Crippen LogP contribution in [-0.4, -0.2) is 17.5 Å². The van der Waals surface area contributed by atoms with Crippen molar-refractivity contribution in [1.82, 2.24) is 4.90 Å². The van der Waals surface area contributed by atoms with Crippen molar-refractivity contribution in [2.45, 2.75) is 38.3 Å². The molecule has 0 aliphatic carbocycles. The molecule has 1 saturated heterocycles. The number of nitrogens with zero attached hydrogens (tertiary/aromatic N) is 1. The summed E-state index contributed by atoms with van der Waals surface area (Å²) in [4.78, 5) is 14.7. The fraction of sp³-hybridized carbons (Fsp3) is 0.318. The van der Waals surface area contributed by atoms with E-state index in [0.29, 0.717) is 13.0 Å².